The smallest absolute Gasteiger partial charge is 0.000780 e. The molecule has 0 aromatic heterocycles. The Morgan fingerprint density at radius 1 is 0.654 bits per heavy atom. The minimum Gasteiger partial charge on any atom is -0.330 e. The van der Waals surface area contributed by atoms with Gasteiger partial charge in [0.2, 0.25) is 0 Å². The lowest BCUT2D eigenvalue weighted by atomic mass is 9.83. The summed E-state index contributed by atoms with van der Waals surface area (Å²) in [6.07, 6.45) is 1.05. The lowest BCUT2D eigenvalue weighted by molar-refractivity contribution is 0.570. The second-order valence-corrected chi connectivity index (χ2v) is 7.21. The molecule has 0 heterocycles. The van der Waals surface area contributed by atoms with Gasteiger partial charge in [0.05, 0.1) is 0 Å². The zero-order valence-electron chi connectivity index (χ0n) is 15.2. The molecule has 0 amide bonds. The van der Waals surface area contributed by atoms with Gasteiger partial charge in [0.1, 0.15) is 0 Å². The summed E-state index contributed by atoms with van der Waals surface area (Å²) in [5.41, 5.74) is 9.03. The van der Waals surface area contributed by atoms with Crippen molar-refractivity contribution in [1.82, 2.24) is 0 Å². The molecule has 0 radical (unpaired) electrons. The average molecular weight is 339 g/mol. The van der Waals surface area contributed by atoms with Crippen LogP contribution in [0.15, 0.2) is 84.9 Å². The fraction of sp³-hybridized carbons (Fsp3) is 0.200. The van der Waals surface area contributed by atoms with E-state index in [2.05, 4.69) is 91.9 Å². The summed E-state index contributed by atoms with van der Waals surface area (Å²) in [7, 11) is 0. The van der Waals surface area contributed by atoms with E-state index in [1.807, 2.05) is 0 Å². The van der Waals surface area contributed by atoms with E-state index in [0.717, 1.165) is 6.42 Å². The molecule has 1 heteroatoms. The molecule has 4 rings (SSSR count). The monoisotopic (exact) mass is 339 g/mol. The van der Waals surface area contributed by atoms with Gasteiger partial charge in [-0.15, -0.1) is 0 Å². The molecule has 0 fully saturated rings. The molecule has 2 unspecified atom stereocenters. The van der Waals surface area contributed by atoms with Crippen molar-refractivity contribution in [2.75, 3.05) is 6.54 Å². The van der Waals surface area contributed by atoms with Crippen molar-refractivity contribution in [3.8, 4) is 0 Å². The van der Waals surface area contributed by atoms with Gasteiger partial charge < -0.3 is 5.73 Å². The van der Waals surface area contributed by atoms with E-state index in [-0.39, 0.29) is 0 Å². The number of hydrogen-bond acceptors (Lipinski definition) is 1. The first-order valence-corrected chi connectivity index (χ1v) is 9.43. The summed E-state index contributed by atoms with van der Waals surface area (Å²) in [5.74, 6) is 0.809. The molecule has 2 N–H and O–H groups in total. The Hall–Kier alpha value is -2.64. The summed E-state index contributed by atoms with van der Waals surface area (Å²) in [6, 6.07) is 30.5. The zero-order chi connectivity index (χ0) is 17.9. The maximum Gasteiger partial charge on any atom is -0.000780 e. The largest absolute Gasteiger partial charge is 0.330 e. The summed E-state index contributed by atoms with van der Waals surface area (Å²) >= 11 is 0. The Bertz CT molecular complexity index is 1020. The maximum absolute atomic E-state index is 6.23. The van der Waals surface area contributed by atoms with Crippen LogP contribution in [0, 0.1) is 0 Å². The molecule has 0 aliphatic heterocycles. The van der Waals surface area contributed by atoms with Gasteiger partial charge in [-0.25, -0.2) is 0 Å². The Morgan fingerprint density at radius 3 is 1.77 bits per heavy atom. The molecule has 0 aliphatic rings. The average Bonchev–Trinajstić information content (AvgIpc) is 2.71. The summed E-state index contributed by atoms with van der Waals surface area (Å²) in [4.78, 5) is 0. The van der Waals surface area contributed by atoms with Crippen LogP contribution in [-0.2, 0) is 0 Å². The van der Waals surface area contributed by atoms with Crippen LogP contribution >= 0.6 is 0 Å². The second kappa shape index (κ2) is 7.31. The standard InChI is InChI=1S/C25H25N/c1-18(22-14-6-10-19-8-2-4-12-23(19)22)16-21(17-26)25-15-7-11-20-9-3-5-13-24(20)25/h2-15,18,21H,16-17,26H2,1H3. The van der Waals surface area contributed by atoms with Gasteiger partial charge in [0.15, 0.2) is 0 Å². The molecule has 2 atom stereocenters. The van der Waals surface area contributed by atoms with Crippen molar-refractivity contribution in [2.24, 2.45) is 5.73 Å². The van der Waals surface area contributed by atoms with Crippen LogP contribution in [0.5, 0.6) is 0 Å². The molecule has 0 bridgehead atoms. The van der Waals surface area contributed by atoms with Gasteiger partial charge in [-0.1, -0.05) is 91.9 Å². The number of fused-ring (bicyclic) bond motifs is 2. The van der Waals surface area contributed by atoms with Crippen LogP contribution in [0.2, 0.25) is 0 Å². The van der Waals surface area contributed by atoms with Crippen molar-refractivity contribution in [3.63, 3.8) is 0 Å². The van der Waals surface area contributed by atoms with Crippen LogP contribution in [0.4, 0.5) is 0 Å². The summed E-state index contributed by atoms with van der Waals surface area (Å²) in [5, 5.41) is 5.29. The van der Waals surface area contributed by atoms with Gasteiger partial charge in [-0.05, 0) is 57.5 Å². The molecule has 0 spiro atoms. The number of benzene rings is 4. The highest BCUT2D eigenvalue weighted by Gasteiger charge is 2.18. The van der Waals surface area contributed by atoms with Gasteiger partial charge >= 0.3 is 0 Å². The minimum atomic E-state index is 0.357. The molecule has 4 aromatic rings. The Balaban J connectivity index is 1.70. The lowest BCUT2D eigenvalue weighted by Gasteiger charge is -2.23. The molecule has 0 saturated heterocycles. The van der Waals surface area contributed by atoms with Crippen molar-refractivity contribution in [3.05, 3.63) is 96.1 Å². The first-order valence-electron chi connectivity index (χ1n) is 9.43. The molecule has 0 aliphatic carbocycles. The molecule has 0 saturated carbocycles. The van der Waals surface area contributed by atoms with Crippen LogP contribution < -0.4 is 5.73 Å². The third kappa shape index (κ3) is 3.11. The topological polar surface area (TPSA) is 26.0 Å². The van der Waals surface area contributed by atoms with E-state index in [0.29, 0.717) is 18.4 Å². The predicted molar refractivity (Wildman–Crippen MR) is 113 cm³/mol. The van der Waals surface area contributed by atoms with Crippen LogP contribution in [0.25, 0.3) is 21.5 Å². The highest BCUT2D eigenvalue weighted by Crippen LogP contribution is 2.35. The maximum atomic E-state index is 6.23. The molecule has 130 valence electrons. The van der Waals surface area contributed by atoms with E-state index in [4.69, 9.17) is 5.73 Å². The van der Waals surface area contributed by atoms with Crippen LogP contribution in [0.1, 0.15) is 36.3 Å². The van der Waals surface area contributed by atoms with E-state index in [1.165, 1.54) is 32.7 Å². The second-order valence-electron chi connectivity index (χ2n) is 7.21. The van der Waals surface area contributed by atoms with E-state index < -0.39 is 0 Å². The molecular formula is C25H25N. The van der Waals surface area contributed by atoms with Gasteiger partial charge in [-0.2, -0.15) is 0 Å². The third-order valence-corrected chi connectivity index (χ3v) is 5.54. The first kappa shape index (κ1) is 16.8. The van der Waals surface area contributed by atoms with Gasteiger partial charge in [0, 0.05) is 0 Å². The molecule has 1 nitrogen and oxygen atoms in total. The summed E-state index contributed by atoms with van der Waals surface area (Å²) < 4.78 is 0. The van der Waals surface area contributed by atoms with Crippen molar-refractivity contribution >= 4 is 21.5 Å². The summed E-state index contributed by atoms with van der Waals surface area (Å²) in [6.45, 7) is 3.00. The third-order valence-electron chi connectivity index (χ3n) is 5.54. The highest BCUT2D eigenvalue weighted by atomic mass is 14.5. The molecule has 26 heavy (non-hydrogen) atoms. The lowest BCUT2D eigenvalue weighted by Crippen LogP contribution is -2.15. The van der Waals surface area contributed by atoms with Crippen molar-refractivity contribution in [1.29, 1.82) is 0 Å². The first-order chi connectivity index (χ1) is 12.8. The minimum absolute atomic E-state index is 0.357. The Labute approximate surface area is 155 Å². The van der Waals surface area contributed by atoms with Crippen LogP contribution in [-0.4, -0.2) is 6.54 Å². The fourth-order valence-electron chi connectivity index (χ4n) is 4.19. The quantitative estimate of drug-likeness (QED) is 0.458. The van der Waals surface area contributed by atoms with E-state index in [1.54, 1.807) is 0 Å². The highest BCUT2D eigenvalue weighted by molar-refractivity contribution is 5.87. The van der Waals surface area contributed by atoms with Gasteiger partial charge in [-0.3, -0.25) is 0 Å². The van der Waals surface area contributed by atoms with E-state index in [9.17, 15) is 0 Å². The van der Waals surface area contributed by atoms with Crippen molar-refractivity contribution in [2.45, 2.75) is 25.2 Å². The molecule has 4 aromatic carbocycles. The van der Waals surface area contributed by atoms with Crippen LogP contribution in [0.3, 0.4) is 0 Å². The molecular weight excluding hydrogens is 314 g/mol. The zero-order valence-corrected chi connectivity index (χ0v) is 15.2. The number of nitrogens with two attached hydrogens (primary N) is 1. The van der Waals surface area contributed by atoms with Gasteiger partial charge in [0.25, 0.3) is 0 Å². The number of hydrogen-bond donors (Lipinski definition) is 1. The normalized spacial score (nSPS) is 13.8. The predicted octanol–water partition coefficient (Wildman–Crippen LogP) is 6.23. The SMILES string of the molecule is CC(CC(CN)c1cccc2ccccc12)c1cccc2ccccc12. The Morgan fingerprint density at radius 2 is 1.15 bits per heavy atom. The number of rotatable bonds is 5. The van der Waals surface area contributed by atoms with Crippen molar-refractivity contribution < 1.29 is 0 Å². The fourth-order valence-corrected chi connectivity index (χ4v) is 4.19. The Kier molecular flexibility index (Phi) is 4.73. The van der Waals surface area contributed by atoms with E-state index >= 15 is 0 Å².